The molecule has 2 heterocycles. The van der Waals surface area contributed by atoms with Crippen LogP contribution in [0, 0.1) is 0 Å². The molecule has 3 rings (SSSR count). The van der Waals surface area contributed by atoms with Crippen LogP contribution in [0.1, 0.15) is 27.2 Å². The van der Waals surface area contributed by atoms with Gasteiger partial charge in [-0.05, 0) is 44.9 Å². The maximum absolute atomic E-state index is 12.6. The Balaban J connectivity index is 1.66. The molecule has 0 aliphatic carbocycles. The molecule has 1 aliphatic heterocycles. The fourth-order valence-corrected chi connectivity index (χ4v) is 2.84. The third-order valence-electron chi connectivity index (χ3n) is 4.03. The van der Waals surface area contributed by atoms with Crippen LogP contribution in [0.3, 0.4) is 0 Å². The van der Waals surface area contributed by atoms with E-state index in [1.165, 1.54) is 0 Å². The lowest BCUT2D eigenvalue weighted by molar-refractivity contribution is -0.118. The second-order valence-electron chi connectivity index (χ2n) is 7.25. The molecule has 1 aromatic carbocycles. The van der Waals surface area contributed by atoms with E-state index in [1.807, 2.05) is 42.5 Å². The molecule has 1 atom stereocenters. The average molecular weight is 353 g/mol. The standard InChI is InChI=1S/C20H23N3O3/c1-20(2,3)26-19(25)22-16-11-12-23(18(16)24)17-10-9-15(13-21-17)14-7-5-4-6-8-14/h4-10,13,16H,11-12H2,1-3H3,(H,22,25)/t16-/m0/s1. The van der Waals surface area contributed by atoms with Crippen molar-refractivity contribution < 1.29 is 14.3 Å². The van der Waals surface area contributed by atoms with Crippen molar-refractivity contribution in [1.29, 1.82) is 0 Å². The minimum atomic E-state index is -0.597. The van der Waals surface area contributed by atoms with Crippen molar-refractivity contribution in [3.8, 4) is 11.1 Å². The predicted octanol–water partition coefficient (Wildman–Crippen LogP) is 3.38. The molecule has 6 nitrogen and oxygen atoms in total. The van der Waals surface area contributed by atoms with E-state index in [2.05, 4.69) is 10.3 Å². The van der Waals surface area contributed by atoms with Crippen molar-refractivity contribution in [2.75, 3.05) is 11.4 Å². The van der Waals surface area contributed by atoms with Crippen molar-refractivity contribution in [1.82, 2.24) is 10.3 Å². The molecule has 1 aromatic heterocycles. The summed E-state index contributed by atoms with van der Waals surface area (Å²) in [4.78, 5) is 30.5. The van der Waals surface area contributed by atoms with Gasteiger partial charge in [-0.25, -0.2) is 9.78 Å². The van der Waals surface area contributed by atoms with Crippen molar-refractivity contribution in [2.45, 2.75) is 38.8 Å². The second kappa shape index (κ2) is 7.15. The van der Waals surface area contributed by atoms with E-state index in [0.29, 0.717) is 18.8 Å². The lowest BCUT2D eigenvalue weighted by Crippen LogP contribution is -2.43. The zero-order valence-electron chi connectivity index (χ0n) is 15.2. The fourth-order valence-electron chi connectivity index (χ4n) is 2.84. The molecule has 0 radical (unpaired) electrons. The zero-order valence-corrected chi connectivity index (χ0v) is 15.2. The highest BCUT2D eigenvalue weighted by Crippen LogP contribution is 2.24. The van der Waals surface area contributed by atoms with E-state index in [1.54, 1.807) is 31.9 Å². The molecule has 0 saturated carbocycles. The summed E-state index contributed by atoms with van der Waals surface area (Å²) in [6.07, 6.45) is 1.71. The number of hydrogen-bond acceptors (Lipinski definition) is 4. The van der Waals surface area contributed by atoms with Gasteiger partial charge in [0, 0.05) is 18.3 Å². The molecule has 1 aliphatic rings. The second-order valence-corrected chi connectivity index (χ2v) is 7.25. The van der Waals surface area contributed by atoms with Gasteiger partial charge in [-0.15, -0.1) is 0 Å². The monoisotopic (exact) mass is 353 g/mol. The number of carbonyl (C=O) groups is 2. The van der Waals surface area contributed by atoms with Gasteiger partial charge in [0.15, 0.2) is 0 Å². The topological polar surface area (TPSA) is 71.5 Å². The van der Waals surface area contributed by atoms with E-state index in [4.69, 9.17) is 4.74 Å². The first-order chi connectivity index (χ1) is 12.3. The van der Waals surface area contributed by atoms with E-state index in [9.17, 15) is 9.59 Å². The Bertz CT molecular complexity index is 782. The number of aromatic nitrogens is 1. The van der Waals surface area contributed by atoms with Gasteiger partial charge in [-0.1, -0.05) is 30.3 Å². The lowest BCUT2D eigenvalue weighted by atomic mass is 10.1. The minimum absolute atomic E-state index is 0.171. The number of carbonyl (C=O) groups excluding carboxylic acids is 2. The molecule has 1 fully saturated rings. The number of alkyl carbamates (subject to hydrolysis) is 1. The van der Waals surface area contributed by atoms with Crippen LogP contribution < -0.4 is 10.2 Å². The van der Waals surface area contributed by atoms with Crippen LogP contribution in [-0.4, -0.2) is 35.2 Å². The van der Waals surface area contributed by atoms with Gasteiger partial charge in [0.1, 0.15) is 17.5 Å². The number of benzene rings is 1. The highest BCUT2D eigenvalue weighted by Gasteiger charge is 2.35. The zero-order chi connectivity index (χ0) is 18.7. The van der Waals surface area contributed by atoms with Gasteiger partial charge in [0.2, 0.25) is 0 Å². The molecule has 136 valence electrons. The average Bonchev–Trinajstić information content (AvgIpc) is 2.95. The number of nitrogens with one attached hydrogen (secondary N) is 1. The molecule has 0 unspecified atom stereocenters. The van der Waals surface area contributed by atoms with Crippen LogP contribution in [0.15, 0.2) is 48.7 Å². The van der Waals surface area contributed by atoms with E-state index < -0.39 is 17.7 Å². The Kier molecular flexibility index (Phi) is 4.93. The smallest absolute Gasteiger partial charge is 0.408 e. The van der Waals surface area contributed by atoms with E-state index in [-0.39, 0.29) is 5.91 Å². The molecule has 2 amide bonds. The van der Waals surface area contributed by atoms with Crippen LogP contribution in [-0.2, 0) is 9.53 Å². The summed E-state index contributed by atoms with van der Waals surface area (Å²) >= 11 is 0. The molecule has 1 N–H and O–H groups in total. The Morgan fingerprint density at radius 3 is 2.50 bits per heavy atom. The van der Waals surface area contributed by atoms with Crippen molar-refractivity contribution in [2.24, 2.45) is 0 Å². The number of rotatable bonds is 3. The van der Waals surface area contributed by atoms with Gasteiger partial charge in [-0.3, -0.25) is 9.69 Å². The highest BCUT2D eigenvalue weighted by atomic mass is 16.6. The van der Waals surface area contributed by atoms with Gasteiger partial charge < -0.3 is 10.1 Å². The molecule has 6 heteroatoms. The summed E-state index contributed by atoms with van der Waals surface area (Å²) in [5.41, 5.74) is 1.47. The summed E-state index contributed by atoms with van der Waals surface area (Å²) in [7, 11) is 0. The predicted molar refractivity (Wildman–Crippen MR) is 99.8 cm³/mol. The van der Waals surface area contributed by atoms with Gasteiger partial charge in [-0.2, -0.15) is 0 Å². The van der Waals surface area contributed by atoms with Crippen LogP contribution in [0.5, 0.6) is 0 Å². The Hall–Kier alpha value is -2.89. The number of ether oxygens (including phenoxy) is 1. The molecule has 26 heavy (non-hydrogen) atoms. The molecular weight excluding hydrogens is 330 g/mol. The fraction of sp³-hybridized carbons (Fsp3) is 0.350. The number of hydrogen-bond donors (Lipinski definition) is 1. The summed E-state index contributed by atoms with van der Waals surface area (Å²) in [5, 5.41) is 2.64. The summed E-state index contributed by atoms with van der Waals surface area (Å²) in [6.45, 7) is 5.87. The largest absolute Gasteiger partial charge is 0.444 e. The maximum Gasteiger partial charge on any atom is 0.408 e. The molecule has 2 aromatic rings. The quantitative estimate of drug-likeness (QED) is 0.918. The summed E-state index contributed by atoms with van der Waals surface area (Å²) in [5.74, 6) is 0.416. The van der Waals surface area contributed by atoms with Crippen LogP contribution in [0.25, 0.3) is 11.1 Å². The lowest BCUT2D eigenvalue weighted by Gasteiger charge is -2.21. The van der Waals surface area contributed by atoms with E-state index >= 15 is 0 Å². The minimum Gasteiger partial charge on any atom is -0.444 e. The Morgan fingerprint density at radius 2 is 1.88 bits per heavy atom. The van der Waals surface area contributed by atoms with Crippen LogP contribution >= 0.6 is 0 Å². The van der Waals surface area contributed by atoms with Gasteiger partial charge >= 0.3 is 6.09 Å². The summed E-state index contributed by atoms with van der Waals surface area (Å²) < 4.78 is 5.22. The molecule has 1 saturated heterocycles. The van der Waals surface area contributed by atoms with Crippen molar-refractivity contribution in [3.05, 3.63) is 48.7 Å². The molecular formula is C20H23N3O3. The highest BCUT2D eigenvalue weighted by molar-refractivity contribution is 6.00. The first-order valence-electron chi connectivity index (χ1n) is 8.66. The van der Waals surface area contributed by atoms with Crippen molar-refractivity contribution in [3.63, 3.8) is 0 Å². The first kappa shape index (κ1) is 17.9. The normalized spacial score (nSPS) is 17.3. The molecule has 0 spiro atoms. The van der Waals surface area contributed by atoms with Gasteiger partial charge in [0.05, 0.1) is 0 Å². The maximum atomic E-state index is 12.6. The first-order valence-corrected chi connectivity index (χ1v) is 8.66. The number of amides is 2. The van der Waals surface area contributed by atoms with Crippen LogP contribution in [0.2, 0.25) is 0 Å². The number of anilines is 1. The van der Waals surface area contributed by atoms with Crippen molar-refractivity contribution >= 4 is 17.8 Å². The van der Waals surface area contributed by atoms with Crippen LogP contribution in [0.4, 0.5) is 10.6 Å². The van der Waals surface area contributed by atoms with Gasteiger partial charge in [0.25, 0.3) is 5.91 Å². The Morgan fingerprint density at radius 1 is 1.15 bits per heavy atom. The third-order valence-corrected chi connectivity index (χ3v) is 4.03. The third kappa shape index (κ3) is 4.20. The number of pyridine rings is 1. The Labute approximate surface area is 153 Å². The molecule has 0 bridgehead atoms. The summed E-state index contributed by atoms with van der Waals surface area (Å²) in [6, 6.07) is 13.1. The van der Waals surface area contributed by atoms with E-state index in [0.717, 1.165) is 11.1 Å². The number of nitrogens with zero attached hydrogens (tertiary/aromatic N) is 2. The SMILES string of the molecule is CC(C)(C)OC(=O)N[C@H]1CCN(c2ccc(-c3ccccc3)cn2)C1=O.